The smallest absolute Gasteiger partial charge is 0.0556 e. The Morgan fingerprint density at radius 3 is 1.59 bits per heavy atom. The lowest BCUT2D eigenvalue weighted by Crippen LogP contribution is -1.93. The van der Waals surface area contributed by atoms with Gasteiger partial charge < -0.3 is 4.57 Å². The van der Waals surface area contributed by atoms with Gasteiger partial charge in [0.2, 0.25) is 0 Å². The van der Waals surface area contributed by atoms with E-state index in [9.17, 15) is 0 Å². The van der Waals surface area contributed by atoms with E-state index in [1.54, 1.807) is 0 Å². The zero-order valence-corrected chi connectivity index (χ0v) is 21.4. The van der Waals surface area contributed by atoms with Crippen LogP contribution in [0.3, 0.4) is 0 Å². The second-order valence-electron chi connectivity index (χ2n) is 9.74. The summed E-state index contributed by atoms with van der Waals surface area (Å²) in [5, 5.41) is 10.7. The van der Waals surface area contributed by atoms with Gasteiger partial charge in [0.25, 0.3) is 0 Å². The van der Waals surface area contributed by atoms with Gasteiger partial charge in [-0.1, -0.05) is 78.9 Å². The molecule has 0 bridgehead atoms. The molecule has 37 heavy (non-hydrogen) atoms. The van der Waals surface area contributed by atoms with E-state index < -0.39 is 0 Å². The van der Waals surface area contributed by atoms with E-state index in [2.05, 4.69) is 120 Å². The van der Waals surface area contributed by atoms with Gasteiger partial charge in [0.1, 0.15) is 0 Å². The van der Waals surface area contributed by atoms with Crippen molar-refractivity contribution >= 4 is 95.6 Å². The highest BCUT2D eigenvalue weighted by Crippen LogP contribution is 2.48. The minimum absolute atomic E-state index is 1.21. The molecule has 6 aromatic carbocycles. The fourth-order valence-electron chi connectivity index (χ4n) is 6.14. The van der Waals surface area contributed by atoms with E-state index in [4.69, 9.17) is 0 Å². The number of nitrogens with zero attached hydrogens (tertiary/aromatic N) is 1. The Labute approximate surface area is 220 Å². The highest BCUT2D eigenvalue weighted by molar-refractivity contribution is 7.28. The molecule has 3 heterocycles. The molecule has 9 aromatic rings. The average molecular weight is 506 g/mol. The molecule has 0 spiro atoms. The fraction of sp³-hybridized carbons (Fsp3) is 0. The van der Waals surface area contributed by atoms with E-state index in [1.807, 2.05) is 22.7 Å². The first-order valence-electron chi connectivity index (χ1n) is 12.5. The minimum atomic E-state index is 1.21. The van der Waals surface area contributed by atoms with Crippen LogP contribution in [0.25, 0.3) is 78.6 Å². The van der Waals surface area contributed by atoms with Crippen LogP contribution in [0.2, 0.25) is 0 Å². The number of thiophene rings is 2. The Bertz CT molecular complexity index is 2240. The summed E-state index contributed by atoms with van der Waals surface area (Å²) in [5.41, 5.74) is 3.75. The van der Waals surface area contributed by atoms with Crippen molar-refractivity contribution < 1.29 is 0 Å². The molecule has 0 saturated heterocycles. The summed E-state index contributed by atoms with van der Waals surface area (Å²) >= 11 is 3.85. The van der Waals surface area contributed by atoms with Crippen molar-refractivity contribution in [1.82, 2.24) is 4.57 Å². The number of hydrogen-bond donors (Lipinski definition) is 0. The lowest BCUT2D eigenvalue weighted by Gasteiger charge is -2.09. The van der Waals surface area contributed by atoms with Crippen molar-refractivity contribution in [3.63, 3.8) is 0 Å². The Hall–Kier alpha value is -4.18. The maximum atomic E-state index is 2.48. The molecule has 0 unspecified atom stereocenters. The first-order valence-corrected chi connectivity index (χ1v) is 14.2. The normalized spacial score (nSPS) is 12.3. The van der Waals surface area contributed by atoms with Crippen LogP contribution in [0.15, 0.2) is 115 Å². The van der Waals surface area contributed by atoms with Crippen molar-refractivity contribution in [3.8, 4) is 5.69 Å². The van der Waals surface area contributed by atoms with Crippen molar-refractivity contribution in [3.05, 3.63) is 115 Å². The molecule has 0 fully saturated rings. The Morgan fingerprint density at radius 1 is 0.432 bits per heavy atom. The van der Waals surface area contributed by atoms with E-state index in [0.717, 1.165) is 0 Å². The van der Waals surface area contributed by atoms with Crippen LogP contribution in [0.1, 0.15) is 0 Å². The van der Waals surface area contributed by atoms with Gasteiger partial charge in [-0.2, -0.15) is 0 Å². The maximum Gasteiger partial charge on any atom is 0.0556 e. The first kappa shape index (κ1) is 19.9. The Kier molecular flexibility index (Phi) is 3.88. The SMILES string of the molecule is c1ccc2cc(-n3c4ccc5c6ccccc6sc5c4c4c5sc6ccccc6c5ccc43)ccc2c1. The molecule has 0 aliphatic carbocycles. The van der Waals surface area contributed by atoms with E-state index in [-0.39, 0.29) is 0 Å². The molecular weight excluding hydrogens is 487 g/mol. The summed E-state index contributed by atoms with van der Waals surface area (Å²) < 4.78 is 7.94. The minimum Gasteiger partial charge on any atom is -0.309 e. The molecule has 3 aromatic heterocycles. The van der Waals surface area contributed by atoms with Gasteiger partial charge in [0, 0.05) is 56.8 Å². The standard InChI is InChI=1S/C34H19NS2/c1-2-8-21-19-22(14-13-20(21)7-1)35-27-17-15-25-23-9-3-5-11-29(23)36-33(25)31(27)32-28(35)18-16-26-24-10-4-6-12-30(24)37-34(26)32/h1-19H. The number of aromatic nitrogens is 1. The second-order valence-corrected chi connectivity index (χ2v) is 11.8. The topological polar surface area (TPSA) is 4.93 Å². The van der Waals surface area contributed by atoms with Gasteiger partial charge in [-0.25, -0.2) is 0 Å². The second kappa shape index (κ2) is 7.19. The van der Waals surface area contributed by atoms with E-state index in [1.165, 1.54) is 78.6 Å². The van der Waals surface area contributed by atoms with Gasteiger partial charge in [0.05, 0.1) is 11.0 Å². The molecular formula is C34H19NS2. The third-order valence-corrected chi connectivity index (χ3v) is 10.2. The molecule has 0 N–H and O–H groups in total. The number of fused-ring (bicyclic) bond motifs is 12. The summed E-state index contributed by atoms with van der Waals surface area (Å²) in [6, 6.07) is 42.5. The van der Waals surface area contributed by atoms with Gasteiger partial charge >= 0.3 is 0 Å². The molecule has 0 amide bonds. The van der Waals surface area contributed by atoms with Crippen LogP contribution >= 0.6 is 22.7 Å². The van der Waals surface area contributed by atoms with Gasteiger partial charge in [0.15, 0.2) is 0 Å². The van der Waals surface area contributed by atoms with Crippen molar-refractivity contribution in [1.29, 1.82) is 0 Å². The summed E-state index contributed by atoms with van der Waals surface area (Å²) in [6.45, 7) is 0. The van der Waals surface area contributed by atoms with Gasteiger partial charge in [-0.3, -0.25) is 0 Å². The molecule has 0 radical (unpaired) electrons. The van der Waals surface area contributed by atoms with E-state index in [0.29, 0.717) is 0 Å². The first-order chi connectivity index (χ1) is 18.3. The van der Waals surface area contributed by atoms with Crippen LogP contribution < -0.4 is 0 Å². The monoisotopic (exact) mass is 505 g/mol. The van der Waals surface area contributed by atoms with Crippen molar-refractivity contribution in [2.45, 2.75) is 0 Å². The molecule has 0 aliphatic rings. The fourth-order valence-corrected chi connectivity index (χ4v) is 8.64. The summed E-state index contributed by atoms with van der Waals surface area (Å²) in [5.74, 6) is 0. The predicted molar refractivity (Wildman–Crippen MR) is 164 cm³/mol. The largest absolute Gasteiger partial charge is 0.309 e. The van der Waals surface area contributed by atoms with Crippen LogP contribution in [-0.4, -0.2) is 4.57 Å². The van der Waals surface area contributed by atoms with Crippen LogP contribution in [0.5, 0.6) is 0 Å². The summed E-state index contributed by atoms with van der Waals surface area (Å²) in [7, 11) is 0. The maximum absolute atomic E-state index is 2.48. The number of rotatable bonds is 1. The zero-order valence-electron chi connectivity index (χ0n) is 19.7. The van der Waals surface area contributed by atoms with E-state index >= 15 is 0 Å². The molecule has 172 valence electrons. The molecule has 9 rings (SSSR count). The van der Waals surface area contributed by atoms with Gasteiger partial charge in [-0.05, 0) is 47.2 Å². The average Bonchev–Trinajstić information content (AvgIpc) is 3.61. The number of hydrogen-bond acceptors (Lipinski definition) is 2. The lowest BCUT2D eigenvalue weighted by molar-refractivity contribution is 1.19. The van der Waals surface area contributed by atoms with Crippen LogP contribution in [0.4, 0.5) is 0 Å². The lowest BCUT2D eigenvalue weighted by atomic mass is 10.1. The zero-order chi connectivity index (χ0) is 24.1. The Morgan fingerprint density at radius 2 is 0.973 bits per heavy atom. The number of benzene rings is 6. The third kappa shape index (κ3) is 2.63. The highest BCUT2D eigenvalue weighted by atomic mass is 32.1. The molecule has 1 nitrogen and oxygen atoms in total. The van der Waals surface area contributed by atoms with Crippen LogP contribution in [0, 0.1) is 0 Å². The summed E-state index contributed by atoms with van der Waals surface area (Å²) in [4.78, 5) is 0. The molecule has 3 heteroatoms. The highest BCUT2D eigenvalue weighted by Gasteiger charge is 2.21. The third-order valence-electron chi connectivity index (χ3n) is 7.77. The van der Waals surface area contributed by atoms with Crippen molar-refractivity contribution in [2.24, 2.45) is 0 Å². The Balaban J connectivity index is 1.54. The molecule has 0 aliphatic heterocycles. The van der Waals surface area contributed by atoms with Gasteiger partial charge in [-0.15, -0.1) is 22.7 Å². The van der Waals surface area contributed by atoms with Crippen LogP contribution in [-0.2, 0) is 0 Å². The predicted octanol–water partition coefficient (Wildman–Crippen LogP) is 10.7. The molecule has 0 atom stereocenters. The van der Waals surface area contributed by atoms with Crippen molar-refractivity contribution in [2.75, 3.05) is 0 Å². The quantitative estimate of drug-likeness (QED) is 0.209. The summed E-state index contributed by atoms with van der Waals surface area (Å²) in [6.07, 6.45) is 0. The molecule has 0 saturated carbocycles.